The molecule has 16 heavy (non-hydrogen) atoms. The first-order valence-electron chi connectivity index (χ1n) is 5.27. The fourth-order valence-electron chi connectivity index (χ4n) is 1.29. The van der Waals surface area contributed by atoms with E-state index < -0.39 is 6.04 Å². The Kier molecular flexibility index (Phi) is 2.89. The molecule has 0 radical (unpaired) electrons. The van der Waals surface area contributed by atoms with Crippen LogP contribution in [0.25, 0.3) is 0 Å². The Hall–Kier alpha value is -1.85. The molecule has 1 aromatic rings. The second-order valence-corrected chi connectivity index (χ2v) is 3.95. The molecule has 1 aromatic heterocycles. The molecule has 86 valence electrons. The van der Waals surface area contributed by atoms with E-state index in [1.165, 1.54) is 12.4 Å². The van der Waals surface area contributed by atoms with Gasteiger partial charge >= 0.3 is 0 Å². The SMILES string of the molecule is CC(Nc1cc(=O)[nH]cn1)C(=O)NC1CC1. The first kappa shape index (κ1) is 10.7. The van der Waals surface area contributed by atoms with Gasteiger partial charge in [0.2, 0.25) is 5.91 Å². The van der Waals surface area contributed by atoms with Crippen LogP contribution in [0.2, 0.25) is 0 Å². The highest BCUT2D eigenvalue weighted by Crippen LogP contribution is 2.18. The quantitative estimate of drug-likeness (QED) is 0.661. The first-order valence-corrected chi connectivity index (χ1v) is 5.27. The average molecular weight is 222 g/mol. The highest BCUT2D eigenvalue weighted by atomic mass is 16.2. The minimum absolute atomic E-state index is 0.0652. The maximum atomic E-state index is 11.6. The third-order valence-electron chi connectivity index (χ3n) is 2.36. The molecular weight excluding hydrogens is 208 g/mol. The van der Waals surface area contributed by atoms with Crippen molar-refractivity contribution in [1.82, 2.24) is 15.3 Å². The standard InChI is InChI=1S/C10H14N4O2/c1-6(10(16)14-7-2-3-7)13-8-4-9(15)12-5-11-8/h4-7H,2-3H2,1H3,(H,14,16)(H2,11,12,13,15). The van der Waals surface area contributed by atoms with Crippen molar-refractivity contribution in [3.63, 3.8) is 0 Å². The van der Waals surface area contributed by atoms with Crippen LogP contribution >= 0.6 is 0 Å². The lowest BCUT2D eigenvalue weighted by molar-refractivity contribution is -0.121. The average Bonchev–Trinajstić information content (AvgIpc) is 3.01. The van der Waals surface area contributed by atoms with Gasteiger partial charge in [-0.2, -0.15) is 0 Å². The Morgan fingerprint density at radius 3 is 3.00 bits per heavy atom. The van der Waals surface area contributed by atoms with E-state index in [-0.39, 0.29) is 11.5 Å². The molecule has 0 saturated heterocycles. The largest absolute Gasteiger partial charge is 0.358 e. The Morgan fingerprint density at radius 2 is 2.38 bits per heavy atom. The molecule has 1 fully saturated rings. The number of carbonyl (C=O) groups excluding carboxylic acids is 1. The summed E-state index contributed by atoms with van der Waals surface area (Å²) < 4.78 is 0. The van der Waals surface area contributed by atoms with Crippen LogP contribution in [0.3, 0.4) is 0 Å². The van der Waals surface area contributed by atoms with Gasteiger partial charge in [-0.05, 0) is 19.8 Å². The van der Waals surface area contributed by atoms with E-state index in [1.54, 1.807) is 6.92 Å². The van der Waals surface area contributed by atoms with E-state index in [4.69, 9.17) is 0 Å². The monoisotopic (exact) mass is 222 g/mol. The van der Waals surface area contributed by atoms with Crippen LogP contribution in [0.5, 0.6) is 0 Å². The van der Waals surface area contributed by atoms with Gasteiger partial charge < -0.3 is 15.6 Å². The molecule has 1 atom stereocenters. The number of rotatable bonds is 4. The second kappa shape index (κ2) is 4.34. The number of aromatic nitrogens is 2. The Labute approximate surface area is 92.5 Å². The number of H-pyrrole nitrogens is 1. The van der Waals surface area contributed by atoms with Gasteiger partial charge in [0.25, 0.3) is 5.56 Å². The smallest absolute Gasteiger partial charge is 0.252 e. The number of hydrogen-bond acceptors (Lipinski definition) is 4. The molecule has 6 heteroatoms. The summed E-state index contributed by atoms with van der Waals surface area (Å²) in [5.74, 6) is 0.340. The van der Waals surface area contributed by atoms with Crippen molar-refractivity contribution in [1.29, 1.82) is 0 Å². The summed E-state index contributed by atoms with van der Waals surface area (Å²) in [5, 5.41) is 5.75. The number of nitrogens with zero attached hydrogens (tertiary/aromatic N) is 1. The fraction of sp³-hybridized carbons (Fsp3) is 0.500. The topological polar surface area (TPSA) is 86.9 Å². The molecule has 2 rings (SSSR count). The number of amides is 1. The summed E-state index contributed by atoms with van der Waals surface area (Å²) in [6.07, 6.45) is 3.42. The van der Waals surface area contributed by atoms with E-state index in [9.17, 15) is 9.59 Å². The second-order valence-electron chi connectivity index (χ2n) is 3.95. The molecule has 6 nitrogen and oxygen atoms in total. The molecule has 1 saturated carbocycles. The van der Waals surface area contributed by atoms with Crippen LogP contribution < -0.4 is 16.2 Å². The lowest BCUT2D eigenvalue weighted by Crippen LogP contribution is -2.39. The van der Waals surface area contributed by atoms with Gasteiger partial charge in [0.15, 0.2) is 0 Å². The zero-order chi connectivity index (χ0) is 11.5. The van der Waals surface area contributed by atoms with Crippen LogP contribution in [-0.2, 0) is 4.79 Å². The Bertz CT molecular complexity index is 438. The van der Waals surface area contributed by atoms with Gasteiger partial charge in [0, 0.05) is 12.1 Å². The van der Waals surface area contributed by atoms with Gasteiger partial charge in [0.1, 0.15) is 11.9 Å². The van der Waals surface area contributed by atoms with E-state index >= 15 is 0 Å². The summed E-state index contributed by atoms with van der Waals surface area (Å²) in [4.78, 5) is 28.9. The molecule has 0 bridgehead atoms. The molecule has 1 aliphatic carbocycles. The highest BCUT2D eigenvalue weighted by molar-refractivity contribution is 5.84. The van der Waals surface area contributed by atoms with Crippen molar-refractivity contribution >= 4 is 11.7 Å². The third-order valence-corrected chi connectivity index (χ3v) is 2.36. The maximum Gasteiger partial charge on any atom is 0.252 e. The fourth-order valence-corrected chi connectivity index (χ4v) is 1.29. The van der Waals surface area contributed by atoms with E-state index in [0.29, 0.717) is 11.9 Å². The summed E-state index contributed by atoms with van der Waals surface area (Å²) in [5.41, 5.74) is -0.243. The molecule has 1 heterocycles. The van der Waals surface area contributed by atoms with Crippen LogP contribution in [0.15, 0.2) is 17.2 Å². The first-order chi connectivity index (χ1) is 7.65. The van der Waals surface area contributed by atoms with Crippen molar-refractivity contribution < 1.29 is 4.79 Å². The summed E-state index contributed by atoms with van der Waals surface area (Å²) in [7, 11) is 0. The van der Waals surface area contributed by atoms with E-state index in [1.807, 2.05) is 0 Å². The molecule has 1 aliphatic rings. The van der Waals surface area contributed by atoms with Crippen LogP contribution in [0, 0.1) is 0 Å². The predicted molar refractivity (Wildman–Crippen MR) is 59.1 cm³/mol. The van der Waals surface area contributed by atoms with Crippen molar-refractivity contribution in [3.05, 3.63) is 22.7 Å². The van der Waals surface area contributed by atoms with Crippen LogP contribution in [0.1, 0.15) is 19.8 Å². The molecule has 0 spiro atoms. The van der Waals surface area contributed by atoms with E-state index in [0.717, 1.165) is 12.8 Å². The van der Waals surface area contributed by atoms with Gasteiger partial charge in [-0.15, -0.1) is 0 Å². The predicted octanol–water partition coefficient (Wildman–Crippen LogP) is -0.151. The highest BCUT2D eigenvalue weighted by Gasteiger charge is 2.25. The minimum atomic E-state index is -0.394. The van der Waals surface area contributed by atoms with Crippen LogP contribution in [-0.4, -0.2) is 28.0 Å². The van der Waals surface area contributed by atoms with Crippen molar-refractivity contribution in [2.75, 3.05) is 5.32 Å². The lowest BCUT2D eigenvalue weighted by atomic mass is 10.3. The lowest BCUT2D eigenvalue weighted by Gasteiger charge is -2.13. The summed E-state index contributed by atoms with van der Waals surface area (Å²) >= 11 is 0. The van der Waals surface area contributed by atoms with E-state index in [2.05, 4.69) is 20.6 Å². The molecule has 0 aliphatic heterocycles. The molecule has 3 N–H and O–H groups in total. The van der Waals surface area contributed by atoms with Crippen molar-refractivity contribution in [3.8, 4) is 0 Å². The van der Waals surface area contributed by atoms with Gasteiger partial charge in [-0.25, -0.2) is 4.98 Å². The Morgan fingerprint density at radius 1 is 1.62 bits per heavy atom. The molecule has 0 aromatic carbocycles. The van der Waals surface area contributed by atoms with Gasteiger partial charge in [-0.3, -0.25) is 9.59 Å². The number of anilines is 1. The third kappa shape index (κ3) is 2.82. The van der Waals surface area contributed by atoms with Crippen molar-refractivity contribution in [2.45, 2.75) is 31.8 Å². The minimum Gasteiger partial charge on any atom is -0.358 e. The summed E-state index contributed by atoms with van der Waals surface area (Å²) in [6.45, 7) is 1.74. The van der Waals surface area contributed by atoms with Gasteiger partial charge in [0.05, 0.1) is 6.33 Å². The maximum absolute atomic E-state index is 11.6. The summed E-state index contributed by atoms with van der Waals surface area (Å²) in [6, 6.07) is 1.26. The zero-order valence-electron chi connectivity index (χ0n) is 8.99. The molecule has 1 unspecified atom stereocenters. The number of nitrogens with one attached hydrogen (secondary N) is 3. The Balaban J connectivity index is 1.92. The molecule has 1 amide bonds. The number of hydrogen-bond donors (Lipinski definition) is 3. The number of carbonyl (C=O) groups is 1. The molecular formula is C10H14N4O2. The van der Waals surface area contributed by atoms with Crippen LogP contribution in [0.4, 0.5) is 5.82 Å². The van der Waals surface area contributed by atoms with Crippen molar-refractivity contribution in [2.24, 2.45) is 0 Å². The number of aromatic amines is 1. The van der Waals surface area contributed by atoms with Gasteiger partial charge in [-0.1, -0.05) is 0 Å². The zero-order valence-corrected chi connectivity index (χ0v) is 8.99. The normalized spacial score (nSPS) is 16.6.